The first kappa shape index (κ1) is 11.9. The molecule has 2 aromatic rings. The summed E-state index contributed by atoms with van der Waals surface area (Å²) in [4.78, 5) is 7.21. The quantitative estimate of drug-likeness (QED) is 0.789. The van der Waals surface area contributed by atoms with Crippen molar-refractivity contribution in [1.82, 2.24) is 14.5 Å². The number of aromatic nitrogens is 3. The molecule has 0 saturated carbocycles. The van der Waals surface area contributed by atoms with Crippen LogP contribution in [0.5, 0.6) is 0 Å². The standard InChI is InChI=1S/C10H7ClF3N3/c1-17-3-2-15-9(17)6-4-8(10(12,13)14)16-5-7(6)11/h2-5H,1H3. The van der Waals surface area contributed by atoms with Crippen molar-refractivity contribution in [2.75, 3.05) is 0 Å². The predicted molar refractivity (Wildman–Crippen MR) is 56.5 cm³/mol. The Bertz CT molecular complexity index is 548. The summed E-state index contributed by atoms with van der Waals surface area (Å²) in [7, 11) is 1.67. The first-order valence-corrected chi connectivity index (χ1v) is 4.98. The molecule has 2 aromatic heterocycles. The molecular weight excluding hydrogens is 255 g/mol. The number of halogens is 4. The van der Waals surface area contributed by atoms with Crippen molar-refractivity contribution in [3.8, 4) is 11.4 Å². The number of aryl methyl sites for hydroxylation is 1. The van der Waals surface area contributed by atoms with Crippen molar-refractivity contribution < 1.29 is 13.2 Å². The second-order valence-corrected chi connectivity index (χ2v) is 3.82. The Morgan fingerprint density at radius 3 is 2.53 bits per heavy atom. The molecule has 3 nitrogen and oxygen atoms in total. The molecule has 0 amide bonds. The van der Waals surface area contributed by atoms with Crippen molar-refractivity contribution in [2.45, 2.75) is 6.18 Å². The molecule has 0 spiro atoms. The number of pyridine rings is 1. The summed E-state index contributed by atoms with van der Waals surface area (Å²) in [6, 6.07) is 0.894. The molecule has 0 saturated heterocycles. The summed E-state index contributed by atoms with van der Waals surface area (Å²) in [6.07, 6.45) is -0.405. The molecule has 17 heavy (non-hydrogen) atoms. The van der Waals surface area contributed by atoms with Crippen LogP contribution in [0.3, 0.4) is 0 Å². The average molecular weight is 262 g/mol. The van der Waals surface area contributed by atoms with Crippen LogP contribution in [0.15, 0.2) is 24.7 Å². The summed E-state index contributed by atoms with van der Waals surface area (Å²) in [5.41, 5.74) is -0.776. The molecule has 0 N–H and O–H groups in total. The van der Waals surface area contributed by atoms with Gasteiger partial charge in [-0.2, -0.15) is 13.2 Å². The number of hydrogen-bond acceptors (Lipinski definition) is 2. The van der Waals surface area contributed by atoms with Crippen LogP contribution >= 0.6 is 11.6 Å². The van der Waals surface area contributed by atoms with E-state index in [0.29, 0.717) is 5.82 Å². The van der Waals surface area contributed by atoms with Gasteiger partial charge in [-0.1, -0.05) is 11.6 Å². The number of nitrogens with zero attached hydrogens (tertiary/aromatic N) is 3. The smallest absolute Gasteiger partial charge is 0.334 e. The van der Waals surface area contributed by atoms with Crippen molar-refractivity contribution in [3.63, 3.8) is 0 Å². The predicted octanol–water partition coefficient (Wildman–Crippen LogP) is 3.15. The lowest BCUT2D eigenvalue weighted by molar-refractivity contribution is -0.141. The fourth-order valence-electron chi connectivity index (χ4n) is 1.39. The van der Waals surface area contributed by atoms with E-state index in [9.17, 15) is 13.2 Å². The highest BCUT2D eigenvalue weighted by atomic mass is 35.5. The van der Waals surface area contributed by atoms with Gasteiger partial charge in [-0.05, 0) is 6.07 Å². The summed E-state index contributed by atoms with van der Waals surface area (Å²) in [6.45, 7) is 0. The molecule has 0 bridgehead atoms. The van der Waals surface area contributed by atoms with Crippen LogP contribution in [-0.2, 0) is 13.2 Å². The van der Waals surface area contributed by atoms with Crippen LogP contribution in [-0.4, -0.2) is 14.5 Å². The molecule has 90 valence electrons. The largest absolute Gasteiger partial charge is 0.433 e. The molecule has 0 aromatic carbocycles. The third-order valence-corrected chi connectivity index (χ3v) is 2.51. The summed E-state index contributed by atoms with van der Waals surface area (Å²) >= 11 is 5.83. The summed E-state index contributed by atoms with van der Waals surface area (Å²) < 4.78 is 39.1. The molecule has 7 heteroatoms. The van der Waals surface area contributed by atoms with Gasteiger partial charge in [0.15, 0.2) is 0 Å². The van der Waals surface area contributed by atoms with Crippen molar-refractivity contribution in [2.24, 2.45) is 7.05 Å². The summed E-state index contributed by atoms with van der Waals surface area (Å²) in [5, 5.41) is 0.132. The summed E-state index contributed by atoms with van der Waals surface area (Å²) in [5.74, 6) is 0.364. The fraction of sp³-hybridized carbons (Fsp3) is 0.200. The van der Waals surface area contributed by atoms with Gasteiger partial charge in [0.25, 0.3) is 0 Å². The van der Waals surface area contributed by atoms with E-state index >= 15 is 0 Å². The van der Waals surface area contributed by atoms with E-state index < -0.39 is 11.9 Å². The molecule has 2 rings (SSSR count). The molecule has 0 aliphatic carbocycles. The molecule has 0 radical (unpaired) electrons. The molecule has 0 fully saturated rings. The van der Waals surface area contributed by atoms with E-state index in [1.54, 1.807) is 17.8 Å². The van der Waals surface area contributed by atoms with Gasteiger partial charge in [-0.3, -0.25) is 4.98 Å². The highest BCUT2D eigenvalue weighted by molar-refractivity contribution is 6.33. The second kappa shape index (κ2) is 4.03. The van der Waals surface area contributed by atoms with Crippen LogP contribution in [0.1, 0.15) is 5.69 Å². The fourth-order valence-corrected chi connectivity index (χ4v) is 1.58. The van der Waals surface area contributed by atoms with Gasteiger partial charge < -0.3 is 4.57 Å². The molecular formula is C10H7ClF3N3. The van der Waals surface area contributed by atoms with Gasteiger partial charge in [0.2, 0.25) is 0 Å². The minimum absolute atomic E-state index is 0.132. The van der Waals surface area contributed by atoms with Gasteiger partial charge >= 0.3 is 6.18 Å². The van der Waals surface area contributed by atoms with E-state index in [0.717, 1.165) is 12.3 Å². The number of imidazole rings is 1. The zero-order valence-electron chi connectivity index (χ0n) is 8.66. The Kier molecular flexibility index (Phi) is 2.82. The van der Waals surface area contributed by atoms with Crippen molar-refractivity contribution >= 4 is 11.6 Å². The zero-order valence-corrected chi connectivity index (χ0v) is 9.42. The number of rotatable bonds is 1. The third-order valence-electron chi connectivity index (χ3n) is 2.21. The molecule has 0 aliphatic heterocycles. The number of hydrogen-bond donors (Lipinski definition) is 0. The maximum Gasteiger partial charge on any atom is 0.433 e. The van der Waals surface area contributed by atoms with Crippen molar-refractivity contribution in [3.05, 3.63) is 35.4 Å². The van der Waals surface area contributed by atoms with Gasteiger partial charge in [-0.15, -0.1) is 0 Å². The topological polar surface area (TPSA) is 30.7 Å². The monoisotopic (exact) mass is 261 g/mol. The lowest BCUT2D eigenvalue weighted by atomic mass is 10.2. The Balaban J connectivity index is 2.58. The third kappa shape index (κ3) is 2.26. The normalized spacial score (nSPS) is 11.8. The van der Waals surface area contributed by atoms with Crippen LogP contribution in [0.25, 0.3) is 11.4 Å². The van der Waals surface area contributed by atoms with E-state index in [1.807, 2.05) is 0 Å². The Labute approximate surface area is 99.9 Å². The Morgan fingerprint density at radius 1 is 1.29 bits per heavy atom. The van der Waals surface area contributed by atoms with Gasteiger partial charge in [0.1, 0.15) is 11.5 Å². The van der Waals surface area contributed by atoms with Gasteiger partial charge in [-0.25, -0.2) is 4.98 Å². The minimum Gasteiger partial charge on any atom is -0.334 e. The molecule has 2 heterocycles. The van der Waals surface area contributed by atoms with E-state index in [1.165, 1.54) is 6.20 Å². The highest BCUT2D eigenvalue weighted by Gasteiger charge is 2.33. The maximum absolute atomic E-state index is 12.5. The van der Waals surface area contributed by atoms with E-state index in [4.69, 9.17) is 11.6 Å². The van der Waals surface area contributed by atoms with Crippen molar-refractivity contribution in [1.29, 1.82) is 0 Å². The lowest BCUT2D eigenvalue weighted by Gasteiger charge is -2.09. The minimum atomic E-state index is -4.50. The van der Waals surface area contributed by atoms with Crippen LogP contribution in [0.2, 0.25) is 5.02 Å². The first-order valence-electron chi connectivity index (χ1n) is 4.60. The maximum atomic E-state index is 12.5. The lowest BCUT2D eigenvalue weighted by Crippen LogP contribution is -2.08. The van der Waals surface area contributed by atoms with Crippen LogP contribution < -0.4 is 0 Å². The van der Waals surface area contributed by atoms with Crippen LogP contribution in [0, 0.1) is 0 Å². The van der Waals surface area contributed by atoms with E-state index in [2.05, 4.69) is 9.97 Å². The number of alkyl halides is 3. The molecule has 0 aliphatic rings. The van der Waals surface area contributed by atoms with Gasteiger partial charge in [0, 0.05) is 31.2 Å². The molecule has 0 unspecified atom stereocenters. The zero-order chi connectivity index (χ0) is 12.6. The average Bonchev–Trinajstić information content (AvgIpc) is 2.63. The Hall–Kier alpha value is -1.56. The highest BCUT2D eigenvalue weighted by Crippen LogP contribution is 2.33. The SMILES string of the molecule is Cn1ccnc1-c1cc(C(F)(F)F)ncc1Cl. The van der Waals surface area contributed by atoms with E-state index in [-0.39, 0.29) is 10.6 Å². The first-order chi connectivity index (χ1) is 7.89. The molecule has 0 atom stereocenters. The Morgan fingerprint density at radius 2 is 2.00 bits per heavy atom. The van der Waals surface area contributed by atoms with Crippen LogP contribution in [0.4, 0.5) is 13.2 Å². The van der Waals surface area contributed by atoms with Gasteiger partial charge in [0.05, 0.1) is 5.02 Å². The second-order valence-electron chi connectivity index (χ2n) is 3.41.